The third-order valence-electron chi connectivity index (χ3n) is 8.62. The molecule has 0 spiro atoms. The van der Waals surface area contributed by atoms with E-state index in [1.165, 1.54) is 0 Å². The molecule has 1 saturated carbocycles. The Morgan fingerprint density at radius 2 is 1.03 bits per heavy atom. The first kappa shape index (κ1) is 23.4. The Kier molecular flexibility index (Phi) is 5.00. The summed E-state index contributed by atoms with van der Waals surface area (Å²) in [6, 6.07) is 22.6. The van der Waals surface area contributed by atoms with Crippen LogP contribution in [0.2, 0.25) is 10.0 Å². The lowest BCUT2D eigenvalue weighted by Gasteiger charge is -2.53. The van der Waals surface area contributed by atoms with E-state index in [-0.39, 0.29) is 10.0 Å². The average molecular weight is 543 g/mol. The first-order valence-electron chi connectivity index (χ1n) is 12.4. The van der Waals surface area contributed by atoms with E-state index in [0.717, 1.165) is 9.80 Å². The lowest BCUT2D eigenvalue weighted by Crippen LogP contribution is -2.60. The maximum Gasteiger partial charge on any atom is 0.239 e. The molecule has 6 nitrogen and oxygen atoms in total. The van der Waals surface area contributed by atoms with Gasteiger partial charge >= 0.3 is 0 Å². The van der Waals surface area contributed by atoms with E-state index in [1.54, 1.807) is 48.5 Å². The smallest absolute Gasteiger partial charge is 0.239 e. The second-order valence-electron chi connectivity index (χ2n) is 10.2. The summed E-state index contributed by atoms with van der Waals surface area (Å²) >= 11 is 12.9. The molecule has 3 aromatic carbocycles. The number of benzene rings is 3. The van der Waals surface area contributed by atoms with Gasteiger partial charge in [0.1, 0.15) is 0 Å². The van der Waals surface area contributed by atoms with Crippen molar-refractivity contribution in [3.05, 3.63) is 107 Å². The molecule has 3 aliphatic carbocycles. The van der Waals surface area contributed by atoms with Crippen molar-refractivity contribution >= 4 is 58.2 Å². The zero-order valence-electron chi connectivity index (χ0n) is 19.8. The lowest BCUT2D eigenvalue weighted by atomic mass is 9.45. The number of carbonyl (C=O) groups is 4. The average Bonchev–Trinajstić information content (AvgIpc) is 3.37. The molecule has 5 aliphatic rings. The molecule has 3 aromatic rings. The third kappa shape index (κ3) is 2.79. The fourth-order valence-electron chi connectivity index (χ4n) is 7.22. The normalized spacial score (nSPS) is 31.3. The Morgan fingerprint density at radius 3 is 1.50 bits per heavy atom. The highest BCUT2D eigenvalue weighted by Gasteiger charge is 2.75. The molecule has 38 heavy (non-hydrogen) atoms. The zero-order valence-corrected chi connectivity index (χ0v) is 21.3. The van der Waals surface area contributed by atoms with Crippen molar-refractivity contribution in [2.45, 2.75) is 5.41 Å². The molecule has 8 heteroatoms. The molecule has 2 saturated heterocycles. The fraction of sp³-hybridized carbons (Fsp3) is 0.200. The molecule has 2 bridgehead atoms. The minimum atomic E-state index is -1.20. The van der Waals surface area contributed by atoms with Gasteiger partial charge in [-0.25, -0.2) is 9.80 Å². The molecular weight excluding hydrogens is 523 g/mol. The number of halogens is 2. The van der Waals surface area contributed by atoms with Crippen LogP contribution < -0.4 is 9.80 Å². The molecule has 0 N–H and O–H groups in total. The molecule has 4 amide bonds. The van der Waals surface area contributed by atoms with Gasteiger partial charge in [0, 0.05) is 11.3 Å². The number of anilines is 2. The summed E-state index contributed by atoms with van der Waals surface area (Å²) in [7, 11) is 0. The monoisotopic (exact) mass is 542 g/mol. The highest BCUT2D eigenvalue weighted by Crippen LogP contribution is 2.65. The number of imide groups is 2. The van der Waals surface area contributed by atoms with Crippen molar-refractivity contribution < 1.29 is 19.2 Å². The SMILES string of the molecule is O=C1[C@@H]2C3C=CC(c4ccccc4)([C@@H]2C(=O)N1c1ccccc1Cl)[C@@H]1C(=O)N(c2ccccc2Cl)C(=O)[C@@H]31. The van der Waals surface area contributed by atoms with Crippen LogP contribution >= 0.6 is 23.2 Å². The summed E-state index contributed by atoms with van der Waals surface area (Å²) in [4.78, 5) is 58.8. The maximum absolute atomic E-state index is 14.2. The Morgan fingerprint density at radius 1 is 0.579 bits per heavy atom. The van der Waals surface area contributed by atoms with Gasteiger partial charge < -0.3 is 0 Å². The first-order valence-corrected chi connectivity index (χ1v) is 13.1. The molecule has 3 fully saturated rings. The van der Waals surface area contributed by atoms with Crippen molar-refractivity contribution in [1.29, 1.82) is 0 Å². The molecule has 2 heterocycles. The van der Waals surface area contributed by atoms with Crippen LogP contribution in [0.1, 0.15) is 5.56 Å². The summed E-state index contributed by atoms with van der Waals surface area (Å²) in [5, 5.41) is 0.554. The lowest BCUT2D eigenvalue weighted by molar-refractivity contribution is -0.140. The van der Waals surface area contributed by atoms with E-state index in [0.29, 0.717) is 16.9 Å². The molecule has 0 aromatic heterocycles. The van der Waals surface area contributed by atoms with Crippen molar-refractivity contribution in [2.75, 3.05) is 9.80 Å². The standard InChI is InChI=1S/C30H20Cl2N2O4/c31-18-10-4-6-12-20(18)33-26(35)22-17-14-15-30(24(22)28(33)37,16-8-2-1-3-9-16)25-23(17)27(36)34(29(25)38)21-13-7-5-11-19(21)32/h1-15,17,22-25H/t17?,22-,23+,24-,25-,30?/m0/s1. The quantitative estimate of drug-likeness (QED) is 0.343. The van der Waals surface area contributed by atoms with Crippen LogP contribution in [0, 0.1) is 29.6 Å². The van der Waals surface area contributed by atoms with Gasteiger partial charge in [0.25, 0.3) is 0 Å². The second-order valence-corrected chi connectivity index (χ2v) is 11.0. The number of amides is 4. The zero-order chi connectivity index (χ0) is 26.3. The number of allylic oxidation sites excluding steroid dienone is 2. The Balaban J connectivity index is 1.45. The highest BCUT2D eigenvalue weighted by atomic mass is 35.5. The molecule has 8 rings (SSSR count). The number of hydrogen-bond donors (Lipinski definition) is 0. The van der Waals surface area contributed by atoms with Crippen molar-refractivity contribution in [3.8, 4) is 0 Å². The summed E-state index contributed by atoms with van der Waals surface area (Å²) in [6.45, 7) is 0. The van der Waals surface area contributed by atoms with E-state index in [2.05, 4.69) is 0 Å². The van der Waals surface area contributed by atoms with E-state index < -0.39 is 58.6 Å². The molecule has 2 aliphatic heterocycles. The number of nitrogens with zero attached hydrogens (tertiary/aromatic N) is 2. The Hall–Kier alpha value is -3.74. The molecule has 2 unspecified atom stereocenters. The van der Waals surface area contributed by atoms with Crippen LogP contribution in [0.25, 0.3) is 0 Å². The summed E-state index contributed by atoms with van der Waals surface area (Å²) < 4.78 is 0. The summed E-state index contributed by atoms with van der Waals surface area (Å²) in [5.41, 5.74) is 0.128. The van der Waals surface area contributed by atoms with Gasteiger partial charge in [-0.1, -0.05) is 90.0 Å². The van der Waals surface area contributed by atoms with Gasteiger partial charge in [-0.15, -0.1) is 0 Å². The van der Waals surface area contributed by atoms with Gasteiger partial charge in [0.05, 0.1) is 45.1 Å². The van der Waals surface area contributed by atoms with Crippen LogP contribution in [0.15, 0.2) is 91.0 Å². The Bertz CT molecular complexity index is 1500. The van der Waals surface area contributed by atoms with E-state index >= 15 is 0 Å². The molecule has 0 radical (unpaired) electrons. The van der Waals surface area contributed by atoms with Gasteiger partial charge in [0.2, 0.25) is 23.6 Å². The van der Waals surface area contributed by atoms with Crippen LogP contribution in [-0.2, 0) is 24.6 Å². The van der Waals surface area contributed by atoms with Crippen LogP contribution in [0.4, 0.5) is 11.4 Å². The minimum Gasteiger partial charge on any atom is -0.274 e. The number of rotatable bonds is 3. The molecule has 188 valence electrons. The second kappa shape index (κ2) is 8.13. The van der Waals surface area contributed by atoms with Crippen LogP contribution in [-0.4, -0.2) is 23.6 Å². The van der Waals surface area contributed by atoms with Gasteiger partial charge in [-0.05, 0) is 29.8 Å². The number of hydrogen-bond acceptors (Lipinski definition) is 4. The van der Waals surface area contributed by atoms with Gasteiger partial charge in [0.15, 0.2) is 0 Å². The predicted octanol–water partition coefficient (Wildman–Crippen LogP) is 5.04. The number of para-hydroxylation sites is 2. The maximum atomic E-state index is 14.2. The van der Waals surface area contributed by atoms with E-state index in [9.17, 15) is 19.2 Å². The molecule has 6 atom stereocenters. The first-order chi connectivity index (χ1) is 18.4. The predicted molar refractivity (Wildman–Crippen MR) is 143 cm³/mol. The van der Waals surface area contributed by atoms with Crippen molar-refractivity contribution in [1.82, 2.24) is 0 Å². The number of carbonyl (C=O) groups excluding carboxylic acids is 4. The fourth-order valence-corrected chi connectivity index (χ4v) is 7.66. The van der Waals surface area contributed by atoms with Crippen LogP contribution in [0.3, 0.4) is 0 Å². The highest BCUT2D eigenvalue weighted by molar-refractivity contribution is 6.37. The van der Waals surface area contributed by atoms with Gasteiger partial charge in [-0.3, -0.25) is 19.2 Å². The third-order valence-corrected chi connectivity index (χ3v) is 9.25. The summed E-state index contributed by atoms with van der Waals surface area (Å²) in [6.07, 6.45) is 3.75. The van der Waals surface area contributed by atoms with Gasteiger partial charge in [-0.2, -0.15) is 0 Å². The van der Waals surface area contributed by atoms with E-state index in [1.807, 2.05) is 42.5 Å². The van der Waals surface area contributed by atoms with E-state index in [4.69, 9.17) is 23.2 Å². The van der Waals surface area contributed by atoms with Crippen molar-refractivity contribution in [3.63, 3.8) is 0 Å². The minimum absolute atomic E-state index is 0.277. The Labute approximate surface area is 228 Å². The molecular formula is C30H20Cl2N2O4. The largest absolute Gasteiger partial charge is 0.274 e. The van der Waals surface area contributed by atoms with Crippen LogP contribution in [0.5, 0.6) is 0 Å². The van der Waals surface area contributed by atoms with Crippen molar-refractivity contribution in [2.24, 2.45) is 29.6 Å². The summed E-state index contributed by atoms with van der Waals surface area (Å²) in [5.74, 6) is -5.62. The topological polar surface area (TPSA) is 74.8 Å².